The smallest absolute Gasteiger partial charge is 0.270 e. The van der Waals surface area contributed by atoms with Crippen LogP contribution in [-0.4, -0.2) is 16.2 Å². The predicted molar refractivity (Wildman–Crippen MR) is 97.6 cm³/mol. The first-order valence-electron chi connectivity index (χ1n) is 7.22. The highest BCUT2D eigenvalue weighted by atomic mass is 32.2. The number of carbonyl (C=O) groups excluding carboxylic acids is 2. The molecule has 0 unspecified atom stereocenters. The molecule has 3 rings (SSSR count). The molecule has 2 aromatic carbocycles. The topological polar surface area (TPSA) is 60.4 Å². The molecule has 0 aliphatic carbocycles. The molecule has 0 spiro atoms. The number of thioether (sulfide) groups is 1. The van der Waals surface area contributed by atoms with Crippen molar-refractivity contribution in [3.8, 4) is 0 Å². The van der Waals surface area contributed by atoms with Crippen molar-refractivity contribution < 1.29 is 19.1 Å². The molecular weight excluding hydrogens is 361 g/mol. The van der Waals surface area contributed by atoms with Crippen LogP contribution in [0.4, 0.5) is 10.1 Å². The molecule has 25 heavy (non-hydrogen) atoms. The minimum Gasteiger partial charge on any atom is -0.545 e. The fourth-order valence-corrected chi connectivity index (χ4v) is 3.71. The zero-order valence-corrected chi connectivity index (χ0v) is 14.6. The number of aromatic carboxylic acids is 1. The van der Waals surface area contributed by atoms with E-state index in [2.05, 4.69) is 0 Å². The van der Waals surface area contributed by atoms with E-state index in [1.165, 1.54) is 23.1 Å². The Labute approximate surface area is 153 Å². The average Bonchev–Trinajstić information content (AvgIpc) is 2.82. The van der Waals surface area contributed by atoms with E-state index in [4.69, 9.17) is 12.2 Å². The highest BCUT2D eigenvalue weighted by Gasteiger charge is 2.33. The Hall–Kier alpha value is -2.51. The summed E-state index contributed by atoms with van der Waals surface area (Å²) in [7, 11) is 0. The van der Waals surface area contributed by atoms with Gasteiger partial charge in [-0.3, -0.25) is 9.69 Å². The van der Waals surface area contributed by atoms with Gasteiger partial charge < -0.3 is 9.90 Å². The highest BCUT2D eigenvalue weighted by molar-refractivity contribution is 8.27. The van der Waals surface area contributed by atoms with Gasteiger partial charge >= 0.3 is 0 Å². The van der Waals surface area contributed by atoms with Gasteiger partial charge in [-0.1, -0.05) is 42.2 Å². The van der Waals surface area contributed by atoms with Crippen LogP contribution in [0.25, 0.3) is 6.08 Å². The van der Waals surface area contributed by atoms with E-state index in [0.717, 1.165) is 11.8 Å². The first-order valence-corrected chi connectivity index (χ1v) is 8.45. The van der Waals surface area contributed by atoms with Crippen molar-refractivity contribution in [1.29, 1.82) is 0 Å². The van der Waals surface area contributed by atoms with Gasteiger partial charge in [0.2, 0.25) is 0 Å². The Morgan fingerprint density at radius 1 is 1.28 bits per heavy atom. The predicted octanol–water partition coefficient (Wildman–Crippen LogP) is 2.90. The first kappa shape index (κ1) is 17.3. The van der Waals surface area contributed by atoms with Crippen molar-refractivity contribution in [2.24, 2.45) is 0 Å². The molecule has 0 atom stereocenters. The summed E-state index contributed by atoms with van der Waals surface area (Å²) in [4.78, 5) is 25.5. The number of thiocarbonyl (C=S) groups is 1. The van der Waals surface area contributed by atoms with Crippen LogP contribution >= 0.6 is 24.0 Å². The van der Waals surface area contributed by atoms with E-state index >= 15 is 0 Å². The third-order valence-corrected chi connectivity index (χ3v) is 4.94. The lowest BCUT2D eigenvalue weighted by molar-refractivity contribution is -0.255. The van der Waals surface area contributed by atoms with Crippen LogP contribution in [0.2, 0.25) is 0 Å². The Balaban J connectivity index is 1.97. The monoisotopic (exact) mass is 372 g/mol. The fraction of sp³-hybridized carbons (Fsp3) is 0.0556. The normalized spacial score (nSPS) is 15.9. The van der Waals surface area contributed by atoms with Crippen molar-refractivity contribution in [2.45, 2.75) is 6.92 Å². The average molecular weight is 372 g/mol. The van der Waals surface area contributed by atoms with Crippen LogP contribution in [0.15, 0.2) is 47.4 Å². The third kappa shape index (κ3) is 3.47. The molecule has 1 aliphatic heterocycles. The number of carboxylic acids is 1. The van der Waals surface area contributed by atoms with Crippen LogP contribution in [0.1, 0.15) is 21.5 Å². The number of carbonyl (C=O) groups is 2. The molecule has 1 amide bonds. The van der Waals surface area contributed by atoms with E-state index in [-0.39, 0.29) is 15.8 Å². The fourth-order valence-electron chi connectivity index (χ4n) is 2.41. The Morgan fingerprint density at radius 2 is 2.04 bits per heavy atom. The summed E-state index contributed by atoms with van der Waals surface area (Å²) in [5.74, 6) is -2.10. The number of amides is 1. The Kier molecular flexibility index (Phi) is 4.69. The van der Waals surface area contributed by atoms with Crippen molar-refractivity contribution in [3.05, 3.63) is 69.9 Å². The summed E-state index contributed by atoms with van der Waals surface area (Å²) >= 11 is 6.33. The SMILES string of the molecule is Cc1ccc(N2C(=O)/C(=C/c3cccc(F)c3)SC2=S)cc1C(=O)[O-]. The van der Waals surface area contributed by atoms with E-state index in [1.807, 2.05) is 0 Å². The molecule has 4 nitrogen and oxygen atoms in total. The zero-order valence-electron chi connectivity index (χ0n) is 13.0. The van der Waals surface area contributed by atoms with Crippen molar-refractivity contribution in [3.63, 3.8) is 0 Å². The zero-order chi connectivity index (χ0) is 18.1. The molecule has 1 aliphatic rings. The minimum absolute atomic E-state index is 0.000611. The molecule has 1 heterocycles. The van der Waals surface area contributed by atoms with Crippen LogP contribution < -0.4 is 10.0 Å². The molecule has 7 heteroatoms. The summed E-state index contributed by atoms with van der Waals surface area (Å²) in [6.07, 6.45) is 1.55. The quantitative estimate of drug-likeness (QED) is 0.612. The van der Waals surface area contributed by atoms with Gasteiger partial charge in [0.15, 0.2) is 4.32 Å². The maximum atomic E-state index is 13.3. The minimum atomic E-state index is -1.32. The van der Waals surface area contributed by atoms with Crippen LogP contribution in [0.3, 0.4) is 0 Å². The second kappa shape index (κ2) is 6.78. The van der Waals surface area contributed by atoms with Gasteiger partial charge in [-0.2, -0.15) is 0 Å². The maximum Gasteiger partial charge on any atom is 0.270 e. The first-order chi connectivity index (χ1) is 11.9. The standard InChI is InChI=1S/C18H12FNO3S2/c1-10-5-6-13(9-14(10)17(22)23)20-16(21)15(25-18(20)24)8-11-3-2-4-12(19)7-11/h2-9H,1H3,(H,22,23)/p-1/b15-8-. The number of benzene rings is 2. The number of aryl methyl sites for hydroxylation is 1. The number of hydrogen-bond donors (Lipinski definition) is 0. The number of rotatable bonds is 3. The third-order valence-electron chi connectivity index (χ3n) is 3.64. The largest absolute Gasteiger partial charge is 0.545 e. The van der Waals surface area contributed by atoms with Crippen molar-refractivity contribution in [1.82, 2.24) is 0 Å². The second-order valence-corrected chi connectivity index (χ2v) is 7.03. The summed E-state index contributed by atoms with van der Waals surface area (Å²) in [6, 6.07) is 10.4. The molecule has 1 fully saturated rings. The van der Waals surface area contributed by atoms with Crippen LogP contribution in [0.5, 0.6) is 0 Å². The summed E-state index contributed by atoms with van der Waals surface area (Å²) in [5.41, 5.74) is 1.43. The van der Waals surface area contributed by atoms with Crippen molar-refractivity contribution in [2.75, 3.05) is 4.90 Å². The lowest BCUT2D eigenvalue weighted by atomic mass is 10.1. The number of anilines is 1. The van der Waals surface area contributed by atoms with Gasteiger partial charge in [-0.05, 0) is 48.4 Å². The molecule has 0 radical (unpaired) electrons. The summed E-state index contributed by atoms with van der Waals surface area (Å²) in [6.45, 7) is 1.64. The van der Waals surface area contributed by atoms with E-state index in [1.54, 1.807) is 37.3 Å². The van der Waals surface area contributed by atoms with Gasteiger partial charge in [0.1, 0.15) is 5.82 Å². The van der Waals surface area contributed by atoms with E-state index in [9.17, 15) is 19.1 Å². The molecular formula is C18H11FNO3S2-. The van der Waals surface area contributed by atoms with Gasteiger partial charge in [0.05, 0.1) is 16.6 Å². The molecule has 0 bridgehead atoms. The number of nitrogens with zero attached hydrogens (tertiary/aromatic N) is 1. The van der Waals surface area contributed by atoms with Gasteiger partial charge in [0.25, 0.3) is 5.91 Å². The van der Waals surface area contributed by atoms with Gasteiger partial charge in [0, 0.05) is 5.56 Å². The lowest BCUT2D eigenvalue weighted by Crippen LogP contribution is -2.29. The second-order valence-electron chi connectivity index (χ2n) is 5.36. The van der Waals surface area contributed by atoms with Gasteiger partial charge in [-0.25, -0.2) is 4.39 Å². The van der Waals surface area contributed by atoms with E-state index < -0.39 is 11.8 Å². The van der Waals surface area contributed by atoms with Crippen LogP contribution in [0, 0.1) is 12.7 Å². The molecule has 2 aromatic rings. The van der Waals surface area contributed by atoms with Gasteiger partial charge in [-0.15, -0.1) is 0 Å². The summed E-state index contributed by atoms with van der Waals surface area (Å²) < 4.78 is 13.6. The Bertz CT molecular complexity index is 940. The van der Waals surface area contributed by atoms with E-state index in [0.29, 0.717) is 21.7 Å². The lowest BCUT2D eigenvalue weighted by Gasteiger charge is -2.17. The summed E-state index contributed by atoms with van der Waals surface area (Å²) in [5, 5.41) is 11.2. The molecule has 0 saturated carbocycles. The Morgan fingerprint density at radius 3 is 2.72 bits per heavy atom. The number of carboxylic acid groups (broad SMARTS) is 1. The van der Waals surface area contributed by atoms with Crippen molar-refractivity contribution >= 4 is 51.9 Å². The molecule has 0 N–H and O–H groups in total. The molecule has 1 saturated heterocycles. The maximum absolute atomic E-state index is 13.3. The highest BCUT2D eigenvalue weighted by Crippen LogP contribution is 2.36. The van der Waals surface area contributed by atoms with Crippen LogP contribution in [-0.2, 0) is 4.79 Å². The number of hydrogen-bond acceptors (Lipinski definition) is 5. The molecule has 126 valence electrons. The molecule has 0 aromatic heterocycles. The number of halogens is 1.